The molecule has 0 radical (unpaired) electrons. The molecule has 0 unspecified atom stereocenters. The topological polar surface area (TPSA) is 77.0 Å². The summed E-state index contributed by atoms with van der Waals surface area (Å²) in [5.41, 5.74) is 7.94. The Kier molecular flexibility index (Phi) is 4.94. The largest absolute Gasteiger partial charge is 0.381 e. The van der Waals surface area contributed by atoms with Crippen LogP contribution in [0.4, 0.5) is 15.9 Å². The van der Waals surface area contributed by atoms with Crippen LogP contribution in [0.3, 0.4) is 0 Å². The van der Waals surface area contributed by atoms with Gasteiger partial charge in [0.25, 0.3) is 5.56 Å². The molecule has 0 aliphatic carbocycles. The van der Waals surface area contributed by atoms with Gasteiger partial charge in [-0.25, -0.2) is 14.4 Å². The van der Waals surface area contributed by atoms with Gasteiger partial charge >= 0.3 is 0 Å². The Morgan fingerprint density at radius 3 is 2.26 bits per heavy atom. The van der Waals surface area contributed by atoms with Crippen LogP contribution in [0.1, 0.15) is 19.9 Å². The maximum Gasteiger partial charge on any atom is 0.250 e. The van der Waals surface area contributed by atoms with Crippen LogP contribution >= 0.6 is 0 Å². The summed E-state index contributed by atoms with van der Waals surface area (Å²) in [6.07, 6.45) is 1.59. The van der Waals surface area contributed by atoms with E-state index in [-0.39, 0.29) is 23.1 Å². The molecule has 7 heteroatoms. The van der Waals surface area contributed by atoms with Gasteiger partial charge in [-0.3, -0.25) is 4.79 Å². The zero-order chi connectivity index (χ0) is 19.7. The van der Waals surface area contributed by atoms with Gasteiger partial charge in [0.2, 0.25) is 0 Å². The predicted molar refractivity (Wildman–Crippen MR) is 106 cm³/mol. The average molecular weight is 367 g/mol. The lowest BCUT2D eigenvalue weighted by Gasteiger charge is -2.14. The third kappa shape index (κ3) is 3.67. The molecule has 3 rings (SSSR count). The summed E-state index contributed by atoms with van der Waals surface area (Å²) in [6.45, 7) is 3.77. The molecule has 0 aliphatic heterocycles. The number of benzene rings is 1. The van der Waals surface area contributed by atoms with E-state index in [1.807, 2.05) is 57.1 Å². The average Bonchev–Trinajstić information content (AvgIpc) is 2.64. The van der Waals surface area contributed by atoms with E-state index in [4.69, 9.17) is 5.73 Å². The van der Waals surface area contributed by atoms with Crippen molar-refractivity contribution in [2.45, 2.75) is 19.9 Å². The number of aromatic nitrogens is 3. The maximum absolute atomic E-state index is 14.6. The molecule has 3 aromatic rings. The van der Waals surface area contributed by atoms with E-state index >= 15 is 0 Å². The number of hydrogen-bond donors (Lipinski definition) is 1. The Hall–Kier alpha value is -3.22. The number of nitrogens with two attached hydrogens (primary N) is 1. The molecule has 140 valence electrons. The van der Waals surface area contributed by atoms with E-state index in [1.54, 1.807) is 12.3 Å². The molecule has 2 heterocycles. The molecule has 1 aromatic carbocycles. The first-order chi connectivity index (χ1) is 12.8. The first kappa shape index (κ1) is 18.6. The summed E-state index contributed by atoms with van der Waals surface area (Å²) in [5, 5.41) is 0. The van der Waals surface area contributed by atoms with Crippen molar-refractivity contribution in [3.63, 3.8) is 0 Å². The molecule has 0 fully saturated rings. The van der Waals surface area contributed by atoms with Crippen molar-refractivity contribution in [1.82, 2.24) is 14.5 Å². The summed E-state index contributed by atoms with van der Waals surface area (Å²) in [5.74, 6) is -0.594. The molecule has 27 heavy (non-hydrogen) atoms. The van der Waals surface area contributed by atoms with Crippen LogP contribution in [0.15, 0.2) is 47.4 Å². The third-order valence-electron chi connectivity index (χ3n) is 4.29. The van der Waals surface area contributed by atoms with E-state index in [0.717, 1.165) is 11.3 Å². The van der Waals surface area contributed by atoms with Crippen LogP contribution in [0.5, 0.6) is 0 Å². The number of halogens is 1. The molecule has 0 aliphatic rings. The number of nitrogen functional groups attached to an aromatic ring is 1. The van der Waals surface area contributed by atoms with Crippen LogP contribution in [-0.2, 0) is 0 Å². The first-order valence-electron chi connectivity index (χ1n) is 8.61. The normalized spacial score (nSPS) is 11.0. The lowest BCUT2D eigenvalue weighted by atomic mass is 10.1. The van der Waals surface area contributed by atoms with Crippen molar-refractivity contribution in [3.05, 3.63) is 58.8 Å². The zero-order valence-electron chi connectivity index (χ0n) is 15.8. The van der Waals surface area contributed by atoms with E-state index in [0.29, 0.717) is 11.4 Å². The van der Waals surface area contributed by atoms with Crippen molar-refractivity contribution in [1.29, 1.82) is 0 Å². The minimum absolute atomic E-state index is 0.0576. The zero-order valence-corrected chi connectivity index (χ0v) is 15.8. The molecule has 0 bridgehead atoms. The number of hydrogen-bond acceptors (Lipinski definition) is 5. The van der Waals surface area contributed by atoms with E-state index in [9.17, 15) is 9.18 Å². The number of nitrogens with zero attached hydrogens (tertiary/aromatic N) is 4. The highest BCUT2D eigenvalue weighted by Crippen LogP contribution is 2.27. The lowest BCUT2D eigenvalue weighted by Crippen LogP contribution is -2.20. The third-order valence-corrected chi connectivity index (χ3v) is 4.29. The Morgan fingerprint density at radius 2 is 1.67 bits per heavy atom. The number of pyridine rings is 1. The second-order valence-electron chi connectivity index (χ2n) is 6.79. The van der Waals surface area contributed by atoms with Crippen LogP contribution in [-0.4, -0.2) is 28.6 Å². The number of rotatable bonds is 4. The minimum Gasteiger partial charge on any atom is -0.381 e. The van der Waals surface area contributed by atoms with Gasteiger partial charge in [0.15, 0.2) is 17.5 Å². The van der Waals surface area contributed by atoms with Crippen molar-refractivity contribution in [2.24, 2.45) is 0 Å². The van der Waals surface area contributed by atoms with Gasteiger partial charge in [0.05, 0.1) is 0 Å². The van der Waals surface area contributed by atoms with Crippen molar-refractivity contribution >= 4 is 11.5 Å². The molecule has 0 amide bonds. The summed E-state index contributed by atoms with van der Waals surface area (Å²) >= 11 is 0. The molecule has 0 atom stereocenters. The summed E-state index contributed by atoms with van der Waals surface area (Å²) in [6, 6.07) is 10.5. The van der Waals surface area contributed by atoms with E-state index < -0.39 is 5.82 Å². The van der Waals surface area contributed by atoms with E-state index in [2.05, 4.69) is 9.97 Å². The standard InChI is InChI=1S/C20H22FN5O/c1-12(2)26-11-14(7-10-16(26)27)18-17(21)19(22)24-20(23-18)13-5-8-15(9-6-13)25(3)4/h5-12H,1-4H3,(H2,22,23,24). The highest BCUT2D eigenvalue weighted by molar-refractivity contribution is 5.68. The van der Waals surface area contributed by atoms with Crippen LogP contribution in [0.25, 0.3) is 22.6 Å². The SMILES string of the molecule is CC(C)n1cc(-c2nc(-c3ccc(N(C)C)cc3)nc(N)c2F)ccc1=O. The molecule has 6 nitrogen and oxygen atoms in total. The minimum atomic E-state index is -0.697. The van der Waals surface area contributed by atoms with Gasteiger partial charge in [0.1, 0.15) is 5.69 Å². The smallest absolute Gasteiger partial charge is 0.250 e. The highest BCUT2D eigenvalue weighted by atomic mass is 19.1. The fourth-order valence-electron chi connectivity index (χ4n) is 2.74. The van der Waals surface area contributed by atoms with Crippen molar-refractivity contribution < 1.29 is 4.39 Å². The van der Waals surface area contributed by atoms with Gasteiger partial charge in [-0.05, 0) is 44.2 Å². The van der Waals surface area contributed by atoms with Gasteiger partial charge in [-0.15, -0.1) is 0 Å². The van der Waals surface area contributed by atoms with Gasteiger partial charge in [-0.2, -0.15) is 0 Å². The fourth-order valence-corrected chi connectivity index (χ4v) is 2.74. The first-order valence-corrected chi connectivity index (χ1v) is 8.61. The molecule has 0 saturated heterocycles. The van der Waals surface area contributed by atoms with Crippen molar-refractivity contribution in [3.8, 4) is 22.6 Å². The van der Waals surface area contributed by atoms with Gasteiger partial charge in [-0.1, -0.05) is 0 Å². The van der Waals surface area contributed by atoms with Crippen LogP contribution in [0, 0.1) is 5.82 Å². The lowest BCUT2D eigenvalue weighted by molar-refractivity contribution is 0.578. The molecule has 2 N–H and O–H groups in total. The number of anilines is 2. The van der Waals surface area contributed by atoms with Gasteiger partial charge in [0, 0.05) is 49.2 Å². The monoisotopic (exact) mass is 367 g/mol. The Bertz CT molecular complexity index is 1030. The molecular weight excluding hydrogens is 345 g/mol. The molecular formula is C20H22FN5O. The molecule has 2 aromatic heterocycles. The summed E-state index contributed by atoms with van der Waals surface area (Å²) in [7, 11) is 3.90. The highest BCUT2D eigenvalue weighted by Gasteiger charge is 2.16. The quantitative estimate of drug-likeness (QED) is 0.765. The summed E-state index contributed by atoms with van der Waals surface area (Å²) < 4.78 is 16.2. The Labute approximate surface area is 157 Å². The Balaban J connectivity index is 2.12. The van der Waals surface area contributed by atoms with Crippen LogP contribution in [0.2, 0.25) is 0 Å². The van der Waals surface area contributed by atoms with Gasteiger partial charge < -0.3 is 15.2 Å². The summed E-state index contributed by atoms with van der Waals surface area (Å²) in [4.78, 5) is 22.4. The second-order valence-corrected chi connectivity index (χ2v) is 6.79. The van der Waals surface area contributed by atoms with Crippen molar-refractivity contribution in [2.75, 3.05) is 24.7 Å². The second kappa shape index (κ2) is 7.19. The van der Waals surface area contributed by atoms with Crippen LogP contribution < -0.4 is 16.2 Å². The maximum atomic E-state index is 14.6. The molecule has 0 saturated carbocycles. The predicted octanol–water partition coefficient (Wildman–Crippen LogP) is 3.34. The fraction of sp³-hybridized carbons (Fsp3) is 0.250. The Morgan fingerprint density at radius 1 is 1.04 bits per heavy atom. The van der Waals surface area contributed by atoms with E-state index in [1.165, 1.54) is 10.6 Å². The molecule has 0 spiro atoms.